The van der Waals surface area contributed by atoms with Gasteiger partial charge in [0, 0.05) is 12.6 Å². The Labute approximate surface area is 121 Å². The molecule has 1 aliphatic rings. The predicted molar refractivity (Wildman–Crippen MR) is 78.4 cm³/mol. The van der Waals surface area contributed by atoms with Gasteiger partial charge in [0.05, 0.1) is 11.8 Å². The highest BCUT2D eigenvalue weighted by atomic mass is 16.4. The molecule has 0 aromatic heterocycles. The van der Waals surface area contributed by atoms with Crippen LogP contribution in [0, 0.1) is 17.8 Å². The monoisotopic (exact) mass is 284 g/mol. The van der Waals surface area contributed by atoms with Gasteiger partial charge in [0.25, 0.3) is 0 Å². The normalized spacial score (nSPS) is 26.2. The number of hydrogen-bond donors (Lipinski definition) is 2. The molecule has 0 saturated heterocycles. The van der Waals surface area contributed by atoms with E-state index in [0.29, 0.717) is 31.3 Å². The average Bonchev–Trinajstić information content (AvgIpc) is 2.76. The largest absolute Gasteiger partial charge is 0.481 e. The van der Waals surface area contributed by atoms with E-state index < -0.39 is 11.9 Å². The quantitative estimate of drug-likeness (QED) is 0.696. The highest BCUT2D eigenvalue weighted by Gasteiger charge is 2.40. The van der Waals surface area contributed by atoms with Crippen molar-refractivity contribution in [3.05, 3.63) is 0 Å². The first-order valence-corrected chi connectivity index (χ1v) is 7.53. The first-order valence-electron chi connectivity index (χ1n) is 7.53. The Morgan fingerprint density at radius 1 is 1.30 bits per heavy atom. The van der Waals surface area contributed by atoms with E-state index in [1.807, 2.05) is 6.92 Å². The van der Waals surface area contributed by atoms with Crippen LogP contribution in [0.4, 0.5) is 0 Å². The molecule has 1 fully saturated rings. The molecule has 1 aliphatic carbocycles. The molecule has 0 bridgehead atoms. The van der Waals surface area contributed by atoms with Crippen LogP contribution >= 0.6 is 0 Å². The van der Waals surface area contributed by atoms with Crippen LogP contribution in [0.15, 0.2) is 0 Å². The Bertz CT molecular complexity index is 344. The van der Waals surface area contributed by atoms with Crippen molar-refractivity contribution < 1.29 is 14.7 Å². The third-order valence-electron chi connectivity index (χ3n) is 4.32. The van der Waals surface area contributed by atoms with Gasteiger partial charge in [0.15, 0.2) is 0 Å². The number of carbonyl (C=O) groups excluding carboxylic acids is 1. The zero-order valence-corrected chi connectivity index (χ0v) is 13.1. The van der Waals surface area contributed by atoms with Gasteiger partial charge in [0.1, 0.15) is 0 Å². The van der Waals surface area contributed by atoms with Crippen molar-refractivity contribution in [2.24, 2.45) is 17.8 Å². The van der Waals surface area contributed by atoms with Gasteiger partial charge < -0.3 is 15.3 Å². The summed E-state index contributed by atoms with van der Waals surface area (Å²) < 4.78 is 0. The van der Waals surface area contributed by atoms with Crippen LogP contribution in [0.1, 0.15) is 40.0 Å². The minimum Gasteiger partial charge on any atom is -0.481 e. The van der Waals surface area contributed by atoms with Crippen molar-refractivity contribution in [1.82, 2.24) is 10.2 Å². The molecule has 0 heterocycles. The van der Waals surface area contributed by atoms with Crippen molar-refractivity contribution in [3.8, 4) is 0 Å². The van der Waals surface area contributed by atoms with Crippen LogP contribution < -0.4 is 5.32 Å². The van der Waals surface area contributed by atoms with E-state index >= 15 is 0 Å². The van der Waals surface area contributed by atoms with Crippen LogP contribution in [-0.4, -0.2) is 48.1 Å². The Kier molecular flexibility index (Phi) is 6.46. The number of rotatable bonds is 7. The molecular weight excluding hydrogens is 256 g/mol. The van der Waals surface area contributed by atoms with E-state index in [1.165, 1.54) is 0 Å². The summed E-state index contributed by atoms with van der Waals surface area (Å²) in [7, 11) is 2.06. The number of carboxylic acid groups (broad SMARTS) is 1. The highest BCUT2D eigenvalue weighted by molar-refractivity contribution is 5.85. The lowest BCUT2D eigenvalue weighted by molar-refractivity contribution is -0.146. The Balaban J connectivity index is 2.33. The van der Waals surface area contributed by atoms with E-state index in [1.54, 1.807) is 0 Å². The summed E-state index contributed by atoms with van der Waals surface area (Å²) in [6.45, 7) is 7.83. The summed E-state index contributed by atoms with van der Waals surface area (Å²) in [6.07, 6.45) is 2.19. The lowest BCUT2D eigenvalue weighted by Gasteiger charge is -2.21. The molecule has 0 aromatic rings. The number of carbonyl (C=O) groups is 2. The fourth-order valence-corrected chi connectivity index (χ4v) is 2.78. The summed E-state index contributed by atoms with van der Waals surface area (Å²) in [5.41, 5.74) is 0. The summed E-state index contributed by atoms with van der Waals surface area (Å²) >= 11 is 0. The second kappa shape index (κ2) is 7.62. The van der Waals surface area contributed by atoms with Crippen LogP contribution in [0.25, 0.3) is 0 Å². The van der Waals surface area contributed by atoms with Crippen LogP contribution in [-0.2, 0) is 9.59 Å². The average molecular weight is 284 g/mol. The molecule has 3 unspecified atom stereocenters. The number of hydrogen-bond acceptors (Lipinski definition) is 3. The summed E-state index contributed by atoms with van der Waals surface area (Å²) in [5.74, 6) is -1.48. The van der Waals surface area contributed by atoms with Crippen molar-refractivity contribution in [2.75, 3.05) is 20.1 Å². The van der Waals surface area contributed by atoms with E-state index in [0.717, 1.165) is 13.0 Å². The molecule has 0 aromatic carbocycles. The highest BCUT2D eigenvalue weighted by Crippen LogP contribution is 2.36. The Hall–Kier alpha value is -1.10. The second-order valence-corrected chi connectivity index (χ2v) is 6.35. The molecule has 0 radical (unpaired) electrons. The molecule has 1 amide bonds. The molecule has 116 valence electrons. The maximum atomic E-state index is 12.1. The van der Waals surface area contributed by atoms with Gasteiger partial charge in [-0.15, -0.1) is 0 Å². The van der Waals surface area contributed by atoms with Gasteiger partial charge in [0.2, 0.25) is 5.91 Å². The van der Waals surface area contributed by atoms with Crippen molar-refractivity contribution in [1.29, 1.82) is 0 Å². The molecule has 3 atom stereocenters. The number of aliphatic carboxylic acids is 1. The minimum absolute atomic E-state index is 0.0889. The SMILES string of the molecule is CC1CC(C(=O)O)C(C(=O)NCCCN(C)C(C)C)C1. The molecule has 1 rings (SSSR count). The van der Waals surface area contributed by atoms with Gasteiger partial charge in [-0.25, -0.2) is 0 Å². The fourth-order valence-electron chi connectivity index (χ4n) is 2.78. The summed E-state index contributed by atoms with van der Waals surface area (Å²) in [5, 5.41) is 12.1. The third-order valence-corrected chi connectivity index (χ3v) is 4.32. The molecule has 5 nitrogen and oxygen atoms in total. The van der Waals surface area contributed by atoms with Crippen molar-refractivity contribution in [2.45, 2.75) is 46.1 Å². The van der Waals surface area contributed by atoms with E-state index in [-0.39, 0.29) is 11.8 Å². The smallest absolute Gasteiger partial charge is 0.307 e. The maximum Gasteiger partial charge on any atom is 0.307 e. The topological polar surface area (TPSA) is 69.6 Å². The van der Waals surface area contributed by atoms with Gasteiger partial charge in [-0.2, -0.15) is 0 Å². The molecular formula is C15H28N2O3. The van der Waals surface area contributed by atoms with Crippen LogP contribution in [0.3, 0.4) is 0 Å². The van der Waals surface area contributed by atoms with Gasteiger partial charge in [-0.05, 0) is 52.6 Å². The second-order valence-electron chi connectivity index (χ2n) is 6.35. The van der Waals surface area contributed by atoms with Crippen LogP contribution in [0.5, 0.6) is 0 Å². The Morgan fingerprint density at radius 3 is 2.45 bits per heavy atom. The van der Waals surface area contributed by atoms with E-state index in [2.05, 4.69) is 31.1 Å². The minimum atomic E-state index is -0.839. The zero-order chi connectivity index (χ0) is 15.3. The molecule has 0 spiro atoms. The number of amides is 1. The standard InChI is InChI=1S/C15H28N2O3/c1-10(2)17(4)7-5-6-16-14(18)12-8-11(3)9-13(12)15(19)20/h10-13H,5-9H2,1-4H3,(H,16,18)(H,19,20). The molecule has 5 heteroatoms. The van der Waals surface area contributed by atoms with E-state index in [9.17, 15) is 9.59 Å². The lowest BCUT2D eigenvalue weighted by atomic mass is 9.95. The van der Waals surface area contributed by atoms with Crippen LogP contribution in [0.2, 0.25) is 0 Å². The summed E-state index contributed by atoms with van der Waals surface area (Å²) in [4.78, 5) is 25.5. The lowest BCUT2D eigenvalue weighted by Crippen LogP contribution is -2.37. The fraction of sp³-hybridized carbons (Fsp3) is 0.867. The Morgan fingerprint density at radius 2 is 1.90 bits per heavy atom. The zero-order valence-electron chi connectivity index (χ0n) is 13.1. The van der Waals surface area contributed by atoms with Gasteiger partial charge in [-0.1, -0.05) is 6.92 Å². The maximum absolute atomic E-state index is 12.1. The number of carboxylic acids is 1. The molecule has 0 aliphatic heterocycles. The first kappa shape index (κ1) is 17.0. The third kappa shape index (κ3) is 4.78. The van der Waals surface area contributed by atoms with Crippen molar-refractivity contribution in [3.63, 3.8) is 0 Å². The molecule has 20 heavy (non-hydrogen) atoms. The number of nitrogens with zero attached hydrogens (tertiary/aromatic N) is 1. The van der Waals surface area contributed by atoms with Gasteiger partial charge in [-0.3, -0.25) is 9.59 Å². The molecule has 1 saturated carbocycles. The van der Waals surface area contributed by atoms with Gasteiger partial charge >= 0.3 is 5.97 Å². The molecule has 2 N–H and O–H groups in total. The first-order chi connectivity index (χ1) is 9.32. The summed E-state index contributed by atoms with van der Waals surface area (Å²) in [6, 6.07) is 0.498. The van der Waals surface area contributed by atoms with E-state index in [4.69, 9.17) is 5.11 Å². The number of nitrogens with one attached hydrogen (secondary N) is 1. The predicted octanol–water partition coefficient (Wildman–Crippen LogP) is 1.58. The van der Waals surface area contributed by atoms with Crippen molar-refractivity contribution >= 4 is 11.9 Å².